The van der Waals surface area contributed by atoms with Crippen LogP contribution in [-0.4, -0.2) is 38.8 Å². The molecule has 0 aliphatic carbocycles. The zero-order valence-electron chi connectivity index (χ0n) is 17.0. The van der Waals surface area contributed by atoms with Crippen molar-refractivity contribution in [1.29, 1.82) is 0 Å². The van der Waals surface area contributed by atoms with E-state index in [2.05, 4.69) is 5.32 Å². The lowest BCUT2D eigenvalue weighted by Gasteiger charge is -2.20. The molecule has 0 aromatic heterocycles. The van der Waals surface area contributed by atoms with E-state index in [0.29, 0.717) is 18.8 Å². The summed E-state index contributed by atoms with van der Waals surface area (Å²) in [5.74, 6) is 0.0868. The van der Waals surface area contributed by atoms with Gasteiger partial charge < -0.3 is 10.1 Å². The van der Waals surface area contributed by atoms with Gasteiger partial charge in [0.25, 0.3) is 5.91 Å². The lowest BCUT2D eigenvalue weighted by atomic mass is 10.0. The van der Waals surface area contributed by atoms with Crippen LogP contribution in [0.2, 0.25) is 0 Å². The van der Waals surface area contributed by atoms with Crippen molar-refractivity contribution in [3.63, 3.8) is 0 Å². The van der Waals surface area contributed by atoms with Crippen LogP contribution in [0, 0.1) is 0 Å². The molecule has 0 unspecified atom stereocenters. The number of amides is 1. The van der Waals surface area contributed by atoms with E-state index in [1.165, 1.54) is 23.5 Å². The second kappa shape index (κ2) is 9.21. The highest BCUT2D eigenvalue weighted by atomic mass is 32.2. The number of carbonyl (C=O) groups is 1. The molecular weight excluding hydrogens is 376 g/mol. The smallest absolute Gasteiger partial charge is 0.255 e. The maximum absolute atomic E-state index is 13.0. The predicted molar refractivity (Wildman–Crippen MR) is 112 cm³/mol. The molecule has 1 N–H and O–H groups in total. The molecular formula is C21H28N2O4S. The monoisotopic (exact) mass is 404 g/mol. The van der Waals surface area contributed by atoms with Crippen molar-refractivity contribution in [2.75, 3.05) is 25.5 Å². The van der Waals surface area contributed by atoms with Gasteiger partial charge in [-0.05, 0) is 35.7 Å². The van der Waals surface area contributed by atoms with Crippen molar-refractivity contribution < 1.29 is 17.9 Å². The summed E-state index contributed by atoms with van der Waals surface area (Å²) >= 11 is 0. The van der Waals surface area contributed by atoms with E-state index >= 15 is 0 Å². The number of hydrogen-bond donors (Lipinski definition) is 1. The fraction of sp³-hybridized carbons (Fsp3) is 0.381. The molecule has 0 saturated heterocycles. The van der Waals surface area contributed by atoms with Crippen molar-refractivity contribution in [1.82, 2.24) is 4.31 Å². The molecule has 2 rings (SSSR count). The minimum Gasteiger partial charge on any atom is -0.495 e. The van der Waals surface area contributed by atoms with E-state index in [4.69, 9.17) is 4.74 Å². The molecule has 0 heterocycles. The summed E-state index contributed by atoms with van der Waals surface area (Å²) in [4.78, 5) is 12.8. The van der Waals surface area contributed by atoms with Crippen molar-refractivity contribution in [2.24, 2.45) is 0 Å². The molecule has 0 bridgehead atoms. The Kier molecular flexibility index (Phi) is 7.21. The third-order valence-electron chi connectivity index (χ3n) is 4.58. The quantitative estimate of drug-likeness (QED) is 0.719. The van der Waals surface area contributed by atoms with E-state index in [9.17, 15) is 13.2 Å². The van der Waals surface area contributed by atoms with Crippen molar-refractivity contribution in [2.45, 2.75) is 38.5 Å². The normalized spacial score (nSPS) is 11.7. The van der Waals surface area contributed by atoms with Crippen LogP contribution in [0.25, 0.3) is 0 Å². The summed E-state index contributed by atoms with van der Waals surface area (Å²) in [6.45, 7) is 8.31. The molecule has 0 aliphatic rings. The van der Waals surface area contributed by atoms with Gasteiger partial charge in [-0.3, -0.25) is 4.79 Å². The summed E-state index contributed by atoms with van der Waals surface area (Å²) in [5.41, 5.74) is 1.98. The molecule has 0 atom stereocenters. The van der Waals surface area contributed by atoms with E-state index in [1.54, 1.807) is 19.9 Å². The Bertz CT molecular complexity index is 935. The molecule has 0 spiro atoms. The number of nitrogens with zero attached hydrogens (tertiary/aromatic N) is 1. The first-order valence-electron chi connectivity index (χ1n) is 9.34. The molecule has 28 heavy (non-hydrogen) atoms. The number of anilines is 1. The highest BCUT2D eigenvalue weighted by Gasteiger charge is 2.27. The predicted octanol–water partition coefficient (Wildman–Crippen LogP) is 4.10. The van der Waals surface area contributed by atoms with E-state index < -0.39 is 10.0 Å². The lowest BCUT2D eigenvalue weighted by Crippen LogP contribution is -2.31. The second-order valence-corrected chi connectivity index (χ2v) is 8.56. The number of sulfonamides is 1. The van der Waals surface area contributed by atoms with Gasteiger partial charge in [-0.2, -0.15) is 4.31 Å². The van der Waals surface area contributed by atoms with Gasteiger partial charge in [-0.1, -0.05) is 45.9 Å². The third-order valence-corrected chi connectivity index (χ3v) is 6.65. The first kappa shape index (κ1) is 21.9. The van der Waals surface area contributed by atoms with Crippen LogP contribution in [0.15, 0.2) is 47.4 Å². The number of para-hydroxylation sites is 1. The molecule has 152 valence electrons. The zero-order chi connectivity index (χ0) is 20.9. The summed E-state index contributed by atoms with van der Waals surface area (Å²) in [6.07, 6.45) is 0. The Labute approximate surface area is 167 Å². The van der Waals surface area contributed by atoms with Crippen LogP contribution in [0.5, 0.6) is 5.75 Å². The van der Waals surface area contributed by atoms with E-state index in [0.717, 1.165) is 5.56 Å². The Morgan fingerprint density at radius 1 is 1.11 bits per heavy atom. The number of ether oxygens (including phenoxy) is 1. The SMILES string of the molecule is CCN(CC)S(=O)(=O)c1cc(C(=O)Nc2ccccc2C(C)C)ccc1OC. The third kappa shape index (κ3) is 4.54. The van der Waals surface area contributed by atoms with Crippen LogP contribution < -0.4 is 10.1 Å². The minimum absolute atomic E-state index is 0.0107. The Morgan fingerprint density at radius 2 is 1.75 bits per heavy atom. The minimum atomic E-state index is -3.77. The van der Waals surface area contributed by atoms with E-state index in [1.807, 2.05) is 38.1 Å². The number of benzene rings is 2. The Morgan fingerprint density at radius 3 is 2.32 bits per heavy atom. The lowest BCUT2D eigenvalue weighted by molar-refractivity contribution is 0.102. The molecule has 0 saturated carbocycles. The van der Waals surface area contributed by atoms with E-state index in [-0.39, 0.29) is 28.0 Å². The molecule has 2 aromatic carbocycles. The highest BCUT2D eigenvalue weighted by molar-refractivity contribution is 7.89. The molecule has 2 aromatic rings. The van der Waals surface area contributed by atoms with Crippen molar-refractivity contribution >= 4 is 21.6 Å². The zero-order valence-corrected chi connectivity index (χ0v) is 17.8. The van der Waals surface area contributed by atoms with Gasteiger partial charge >= 0.3 is 0 Å². The van der Waals surface area contributed by atoms with Gasteiger partial charge in [-0.25, -0.2) is 8.42 Å². The summed E-state index contributed by atoms with van der Waals surface area (Å²) in [6, 6.07) is 12.0. The molecule has 7 heteroatoms. The molecule has 0 aliphatic heterocycles. The van der Waals surface area contributed by atoms with Crippen LogP contribution in [0.3, 0.4) is 0 Å². The molecule has 1 amide bonds. The van der Waals surface area contributed by atoms with Gasteiger partial charge in [0.05, 0.1) is 7.11 Å². The fourth-order valence-corrected chi connectivity index (χ4v) is 4.67. The molecule has 0 radical (unpaired) electrons. The van der Waals surface area contributed by atoms with Gasteiger partial charge in [0, 0.05) is 24.3 Å². The van der Waals surface area contributed by atoms with Gasteiger partial charge in [0.2, 0.25) is 10.0 Å². The average molecular weight is 405 g/mol. The maximum atomic E-state index is 13.0. The molecule has 6 nitrogen and oxygen atoms in total. The summed E-state index contributed by atoms with van der Waals surface area (Å²) in [5, 5.41) is 2.89. The number of methoxy groups -OCH3 is 1. The van der Waals surface area contributed by atoms with Crippen molar-refractivity contribution in [3.05, 3.63) is 53.6 Å². The number of rotatable bonds is 8. The van der Waals surface area contributed by atoms with Crippen LogP contribution in [-0.2, 0) is 10.0 Å². The largest absolute Gasteiger partial charge is 0.495 e. The number of nitrogens with one attached hydrogen (secondary N) is 1. The van der Waals surface area contributed by atoms with Crippen molar-refractivity contribution in [3.8, 4) is 5.75 Å². The van der Waals surface area contributed by atoms with Crippen LogP contribution in [0.1, 0.15) is 49.5 Å². The van der Waals surface area contributed by atoms with Gasteiger partial charge in [0.1, 0.15) is 10.6 Å². The Hall–Kier alpha value is -2.38. The first-order chi connectivity index (χ1) is 13.3. The first-order valence-corrected chi connectivity index (χ1v) is 10.8. The van der Waals surface area contributed by atoms with Gasteiger partial charge in [0.15, 0.2) is 0 Å². The van der Waals surface area contributed by atoms with Crippen LogP contribution in [0.4, 0.5) is 5.69 Å². The fourth-order valence-electron chi connectivity index (χ4n) is 3.03. The number of carbonyl (C=O) groups excluding carboxylic acids is 1. The summed E-state index contributed by atoms with van der Waals surface area (Å²) < 4.78 is 32.5. The topological polar surface area (TPSA) is 75.7 Å². The maximum Gasteiger partial charge on any atom is 0.255 e. The average Bonchev–Trinajstić information content (AvgIpc) is 2.68. The Balaban J connectivity index is 2.44. The number of hydrogen-bond acceptors (Lipinski definition) is 4. The summed E-state index contributed by atoms with van der Waals surface area (Å²) in [7, 11) is -2.35. The highest BCUT2D eigenvalue weighted by Crippen LogP contribution is 2.29. The van der Waals surface area contributed by atoms with Crippen LogP contribution >= 0.6 is 0 Å². The van der Waals surface area contributed by atoms with Gasteiger partial charge in [-0.15, -0.1) is 0 Å². The standard InChI is InChI=1S/C21H28N2O4S/c1-6-23(7-2)28(25,26)20-14-16(12-13-19(20)27-5)21(24)22-18-11-9-8-10-17(18)15(3)4/h8-15H,6-7H2,1-5H3,(H,22,24). The molecule has 0 fully saturated rings. The second-order valence-electron chi connectivity index (χ2n) is 6.65.